The zero-order valence-electron chi connectivity index (χ0n) is 11.0. The molecule has 0 aliphatic heterocycles. The van der Waals surface area contributed by atoms with E-state index < -0.39 is 11.7 Å². The molecule has 2 N–H and O–H groups in total. The highest BCUT2D eigenvalue weighted by Gasteiger charge is 2.32. The van der Waals surface area contributed by atoms with Crippen molar-refractivity contribution in [2.75, 3.05) is 17.7 Å². The van der Waals surface area contributed by atoms with Crippen LogP contribution in [0.1, 0.15) is 23.4 Å². The van der Waals surface area contributed by atoms with Crippen molar-refractivity contribution in [1.29, 1.82) is 0 Å². The van der Waals surface area contributed by atoms with Crippen LogP contribution < -0.4 is 10.6 Å². The van der Waals surface area contributed by atoms with Crippen LogP contribution in [0.3, 0.4) is 0 Å². The van der Waals surface area contributed by atoms with Gasteiger partial charge in [-0.1, -0.05) is 6.07 Å². The predicted octanol–water partition coefficient (Wildman–Crippen LogP) is 3.94. The summed E-state index contributed by atoms with van der Waals surface area (Å²) >= 11 is 1.55. The number of halogens is 3. The molecule has 3 nitrogen and oxygen atoms in total. The maximum Gasteiger partial charge on any atom is 0.416 e. The van der Waals surface area contributed by atoms with Gasteiger partial charge in [-0.15, -0.1) is 11.3 Å². The monoisotopic (exact) mass is 301 g/mol. The van der Waals surface area contributed by atoms with Gasteiger partial charge in [0.2, 0.25) is 0 Å². The third-order valence-corrected chi connectivity index (χ3v) is 4.10. The minimum Gasteiger partial charge on any atom is -0.384 e. The number of hydrogen-bond acceptors (Lipinski definition) is 4. The van der Waals surface area contributed by atoms with E-state index in [0.29, 0.717) is 0 Å². The van der Waals surface area contributed by atoms with Crippen LogP contribution >= 0.6 is 11.3 Å². The number of pyridine rings is 1. The maximum atomic E-state index is 12.8. The third kappa shape index (κ3) is 3.04. The Hall–Kier alpha value is -1.76. The van der Waals surface area contributed by atoms with Crippen molar-refractivity contribution < 1.29 is 13.2 Å². The molecular weight excluding hydrogens is 287 g/mol. The summed E-state index contributed by atoms with van der Waals surface area (Å²) in [5.41, 5.74) is 4.69. The van der Waals surface area contributed by atoms with Crippen LogP contribution in [0.25, 0.3) is 0 Å². The lowest BCUT2D eigenvalue weighted by molar-refractivity contribution is -0.137. The zero-order valence-corrected chi connectivity index (χ0v) is 11.8. The molecule has 0 aromatic carbocycles. The van der Waals surface area contributed by atoms with Gasteiger partial charge >= 0.3 is 6.18 Å². The fourth-order valence-electron chi connectivity index (χ4n) is 1.80. The summed E-state index contributed by atoms with van der Waals surface area (Å²) in [6.45, 7) is 1.91. The SMILES string of the molecule is CC(c1cccs1)N(C)c1cc(C(F)(F)F)cc(N)n1. The third-order valence-electron chi connectivity index (χ3n) is 3.06. The summed E-state index contributed by atoms with van der Waals surface area (Å²) in [7, 11) is 1.70. The molecule has 108 valence electrons. The first-order valence-electron chi connectivity index (χ1n) is 5.90. The first kappa shape index (κ1) is 14.6. The standard InChI is InChI=1S/C13H14F3N3S/c1-8(10-4-3-5-20-10)19(2)12-7-9(13(14,15)16)6-11(17)18-12/h3-8H,1-2H3,(H2,17,18). The second kappa shape index (κ2) is 5.32. The van der Waals surface area contributed by atoms with Gasteiger partial charge in [-0.25, -0.2) is 4.98 Å². The van der Waals surface area contributed by atoms with Gasteiger partial charge in [0.25, 0.3) is 0 Å². The number of thiophene rings is 1. The van der Waals surface area contributed by atoms with Gasteiger partial charge in [-0.05, 0) is 30.5 Å². The molecule has 0 fully saturated rings. The molecule has 0 saturated heterocycles. The van der Waals surface area contributed by atoms with Gasteiger partial charge in [-0.2, -0.15) is 13.2 Å². The Bertz CT molecular complexity index is 581. The summed E-state index contributed by atoms with van der Waals surface area (Å²) in [6, 6.07) is 5.61. The lowest BCUT2D eigenvalue weighted by Crippen LogP contribution is -2.23. The fourth-order valence-corrected chi connectivity index (χ4v) is 2.63. The van der Waals surface area contributed by atoms with Gasteiger partial charge in [-0.3, -0.25) is 0 Å². The van der Waals surface area contributed by atoms with E-state index in [1.165, 1.54) is 0 Å². The molecule has 1 unspecified atom stereocenters. The van der Waals surface area contributed by atoms with Gasteiger partial charge in [0.05, 0.1) is 11.6 Å². The molecule has 0 aliphatic rings. The number of nitrogens with two attached hydrogens (primary N) is 1. The molecule has 0 saturated carbocycles. The van der Waals surface area contributed by atoms with Crippen LogP contribution in [-0.4, -0.2) is 12.0 Å². The molecule has 0 amide bonds. The summed E-state index contributed by atoms with van der Waals surface area (Å²) < 4.78 is 38.4. The number of nitrogens with zero attached hydrogens (tertiary/aromatic N) is 2. The largest absolute Gasteiger partial charge is 0.416 e. The first-order chi connectivity index (χ1) is 9.29. The molecule has 2 aromatic heterocycles. The van der Waals surface area contributed by atoms with Crippen molar-refractivity contribution in [1.82, 2.24) is 4.98 Å². The highest BCUT2D eigenvalue weighted by Crippen LogP contribution is 2.34. The lowest BCUT2D eigenvalue weighted by Gasteiger charge is -2.26. The molecule has 2 rings (SSSR count). The molecule has 2 heterocycles. The van der Waals surface area contributed by atoms with Crippen LogP contribution in [-0.2, 0) is 6.18 Å². The van der Waals surface area contributed by atoms with Crippen LogP contribution in [0.5, 0.6) is 0 Å². The smallest absolute Gasteiger partial charge is 0.384 e. The minimum absolute atomic E-state index is 0.0783. The number of alkyl halides is 3. The number of rotatable bonds is 3. The topological polar surface area (TPSA) is 42.1 Å². The van der Waals surface area contributed by atoms with Crippen molar-refractivity contribution in [3.8, 4) is 0 Å². The summed E-state index contributed by atoms with van der Waals surface area (Å²) in [5.74, 6) is 0.0679. The summed E-state index contributed by atoms with van der Waals surface area (Å²) in [5, 5.41) is 1.92. The van der Waals surface area contributed by atoms with Gasteiger partial charge in [0, 0.05) is 11.9 Å². The number of aromatic nitrogens is 1. The average molecular weight is 301 g/mol. The van der Waals surface area contributed by atoms with Crippen molar-refractivity contribution in [2.45, 2.75) is 19.1 Å². The number of anilines is 2. The van der Waals surface area contributed by atoms with Crippen molar-refractivity contribution in [2.24, 2.45) is 0 Å². The molecule has 0 aliphatic carbocycles. The van der Waals surface area contributed by atoms with Crippen molar-refractivity contribution in [3.05, 3.63) is 40.1 Å². The Morgan fingerprint density at radius 1 is 1.35 bits per heavy atom. The first-order valence-corrected chi connectivity index (χ1v) is 6.78. The van der Waals surface area contributed by atoms with Gasteiger partial charge in [0.1, 0.15) is 11.6 Å². The Labute approximate surface area is 118 Å². The van der Waals surface area contributed by atoms with E-state index in [9.17, 15) is 13.2 Å². The minimum atomic E-state index is -4.43. The van der Waals surface area contributed by atoms with Crippen LogP contribution in [0.15, 0.2) is 29.6 Å². The van der Waals surface area contributed by atoms with E-state index in [-0.39, 0.29) is 17.7 Å². The molecule has 0 spiro atoms. The Balaban J connectivity index is 2.35. The molecule has 0 radical (unpaired) electrons. The molecular formula is C13H14F3N3S. The van der Waals surface area contributed by atoms with Gasteiger partial charge in [0.15, 0.2) is 0 Å². The highest BCUT2D eigenvalue weighted by molar-refractivity contribution is 7.10. The normalized spacial score (nSPS) is 13.2. The van der Waals surface area contributed by atoms with E-state index in [1.54, 1.807) is 23.3 Å². The van der Waals surface area contributed by atoms with Crippen LogP contribution in [0.4, 0.5) is 24.8 Å². The zero-order chi connectivity index (χ0) is 14.9. The van der Waals surface area contributed by atoms with E-state index in [4.69, 9.17) is 5.73 Å². The van der Waals surface area contributed by atoms with Crippen molar-refractivity contribution >= 4 is 23.0 Å². The van der Waals surface area contributed by atoms with Crippen LogP contribution in [0, 0.1) is 0 Å². The Morgan fingerprint density at radius 3 is 2.60 bits per heavy atom. The Morgan fingerprint density at radius 2 is 2.05 bits per heavy atom. The number of hydrogen-bond donors (Lipinski definition) is 1. The van der Waals surface area contributed by atoms with E-state index in [0.717, 1.165) is 17.0 Å². The Kier molecular flexibility index (Phi) is 3.89. The van der Waals surface area contributed by atoms with E-state index >= 15 is 0 Å². The number of nitrogen functional groups attached to an aromatic ring is 1. The van der Waals surface area contributed by atoms with Crippen LogP contribution in [0.2, 0.25) is 0 Å². The van der Waals surface area contributed by atoms with Gasteiger partial charge < -0.3 is 10.6 Å². The second-order valence-electron chi connectivity index (χ2n) is 4.44. The molecule has 0 bridgehead atoms. The highest BCUT2D eigenvalue weighted by atomic mass is 32.1. The average Bonchev–Trinajstić information content (AvgIpc) is 2.89. The molecule has 1 atom stereocenters. The molecule has 7 heteroatoms. The van der Waals surface area contributed by atoms with Crippen molar-refractivity contribution in [3.63, 3.8) is 0 Å². The second-order valence-corrected chi connectivity index (χ2v) is 5.42. The van der Waals surface area contributed by atoms with E-state index in [1.807, 2.05) is 24.4 Å². The quantitative estimate of drug-likeness (QED) is 0.933. The maximum absolute atomic E-state index is 12.8. The van der Waals surface area contributed by atoms with E-state index in [2.05, 4.69) is 4.98 Å². The molecule has 20 heavy (non-hydrogen) atoms. The molecule has 2 aromatic rings. The fraction of sp³-hybridized carbons (Fsp3) is 0.308. The lowest BCUT2D eigenvalue weighted by atomic mass is 10.2. The summed E-state index contributed by atoms with van der Waals surface area (Å²) in [6.07, 6.45) is -4.43. The predicted molar refractivity (Wildman–Crippen MR) is 74.8 cm³/mol. The summed E-state index contributed by atoms with van der Waals surface area (Å²) in [4.78, 5) is 6.71.